The maximum atomic E-state index is 12.5. The molecule has 0 saturated carbocycles. The number of benzene rings is 1. The Morgan fingerprint density at radius 1 is 1.41 bits per heavy atom. The quantitative estimate of drug-likeness (QED) is 0.616. The molecule has 0 atom stereocenters. The van der Waals surface area contributed by atoms with Crippen LogP contribution in [0.15, 0.2) is 23.1 Å². The van der Waals surface area contributed by atoms with Gasteiger partial charge in [-0.2, -0.15) is 13.2 Å². The molecule has 0 fully saturated rings. The van der Waals surface area contributed by atoms with Gasteiger partial charge in [-0.25, -0.2) is 0 Å². The predicted molar refractivity (Wildman–Crippen MR) is 65.7 cm³/mol. The Kier molecular flexibility index (Phi) is 5.06. The Balaban J connectivity index is 3.06. The first-order valence-electron chi connectivity index (χ1n) is 4.70. The van der Waals surface area contributed by atoms with Crippen LogP contribution in [0.5, 0.6) is 0 Å². The molecule has 0 amide bonds. The standard InChI is InChI=1S/C11H10BrF3OS/c1-17-10-5-8(11(13,14)15)3-2-7(10)4-9(16)6-12/h2-3,5H,4,6H2,1H3. The van der Waals surface area contributed by atoms with Crippen molar-refractivity contribution in [1.29, 1.82) is 0 Å². The van der Waals surface area contributed by atoms with Crippen LogP contribution in [0.25, 0.3) is 0 Å². The SMILES string of the molecule is CSc1cc(C(F)(F)F)ccc1CC(=O)CBr. The van der Waals surface area contributed by atoms with Gasteiger partial charge in [0, 0.05) is 11.3 Å². The van der Waals surface area contributed by atoms with Crippen LogP contribution in [0, 0.1) is 0 Å². The molecule has 0 saturated heterocycles. The predicted octanol–water partition coefficient (Wildman–Crippen LogP) is 3.93. The number of carbonyl (C=O) groups excluding carboxylic acids is 1. The summed E-state index contributed by atoms with van der Waals surface area (Å²) >= 11 is 4.24. The van der Waals surface area contributed by atoms with Gasteiger partial charge in [0.2, 0.25) is 0 Å². The van der Waals surface area contributed by atoms with Gasteiger partial charge in [0.05, 0.1) is 10.9 Å². The molecule has 6 heteroatoms. The van der Waals surface area contributed by atoms with Gasteiger partial charge < -0.3 is 0 Å². The molecule has 1 rings (SSSR count). The molecule has 0 bridgehead atoms. The number of thioether (sulfide) groups is 1. The largest absolute Gasteiger partial charge is 0.416 e. The average molecular weight is 327 g/mol. The fraction of sp³-hybridized carbons (Fsp3) is 0.364. The number of Topliss-reactive ketones (excluding diaryl/α,β-unsaturated/α-hetero) is 1. The molecule has 17 heavy (non-hydrogen) atoms. The molecule has 1 nitrogen and oxygen atoms in total. The highest BCUT2D eigenvalue weighted by Crippen LogP contribution is 2.33. The Morgan fingerprint density at radius 2 is 2.06 bits per heavy atom. The van der Waals surface area contributed by atoms with Gasteiger partial charge in [-0.15, -0.1) is 11.8 Å². The molecule has 94 valence electrons. The van der Waals surface area contributed by atoms with Crippen LogP contribution in [0.2, 0.25) is 0 Å². The molecule has 0 spiro atoms. The van der Waals surface area contributed by atoms with E-state index in [1.54, 1.807) is 6.26 Å². The number of carbonyl (C=O) groups is 1. The van der Waals surface area contributed by atoms with Crippen molar-refractivity contribution in [1.82, 2.24) is 0 Å². The number of ketones is 1. The molecule has 0 aliphatic carbocycles. The minimum absolute atomic E-state index is 0.0555. The van der Waals surface area contributed by atoms with E-state index in [0.29, 0.717) is 10.5 Å². The van der Waals surface area contributed by atoms with E-state index in [1.807, 2.05) is 0 Å². The molecule has 0 radical (unpaired) electrons. The minimum atomic E-state index is -4.34. The van der Waals surface area contributed by atoms with E-state index in [2.05, 4.69) is 15.9 Å². The zero-order valence-corrected chi connectivity index (χ0v) is 11.4. The maximum Gasteiger partial charge on any atom is 0.416 e. The Labute approximate surface area is 110 Å². The van der Waals surface area contributed by atoms with Gasteiger partial charge in [-0.05, 0) is 24.0 Å². The van der Waals surface area contributed by atoms with E-state index < -0.39 is 11.7 Å². The summed E-state index contributed by atoms with van der Waals surface area (Å²) in [5.74, 6) is -0.0555. The highest BCUT2D eigenvalue weighted by atomic mass is 79.9. The zero-order chi connectivity index (χ0) is 13.1. The third kappa shape index (κ3) is 4.03. The van der Waals surface area contributed by atoms with Crippen molar-refractivity contribution in [2.45, 2.75) is 17.5 Å². The van der Waals surface area contributed by atoms with Crippen LogP contribution in [-0.4, -0.2) is 17.4 Å². The van der Waals surface area contributed by atoms with Crippen LogP contribution in [0.1, 0.15) is 11.1 Å². The van der Waals surface area contributed by atoms with Gasteiger partial charge in [0.15, 0.2) is 0 Å². The van der Waals surface area contributed by atoms with E-state index in [0.717, 1.165) is 12.1 Å². The molecule has 0 aliphatic rings. The smallest absolute Gasteiger partial charge is 0.298 e. The molecule has 1 aromatic rings. The molecule has 1 aromatic carbocycles. The Morgan fingerprint density at radius 3 is 2.53 bits per heavy atom. The van der Waals surface area contributed by atoms with Crippen molar-refractivity contribution < 1.29 is 18.0 Å². The summed E-state index contributed by atoms with van der Waals surface area (Å²) in [5, 5.41) is 0.210. The lowest BCUT2D eigenvalue weighted by atomic mass is 10.1. The van der Waals surface area contributed by atoms with E-state index in [9.17, 15) is 18.0 Å². The zero-order valence-electron chi connectivity index (χ0n) is 8.97. The summed E-state index contributed by atoms with van der Waals surface area (Å²) < 4.78 is 37.4. The van der Waals surface area contributed by atoms with Crippen molar-refractivity contribution in [3.63, 3.8) is 0 Å². The lowest BCUT2D eigenvalue weighted by Crippen LogP contribution is -2.08. The maximum absolute atomic E-state index is 12.5. The average Bonchev–Trinajstić information content (AvgIpc) is 2.27. The summed E-state index contributed by atoms with van der Waals surface area (Å²) in [6.45, 7) is 0. The second kappa shape index (κ2) is 5.91. The summed E-state index contributed by atoms with van der Waals surface area (Å²) in [6.07, 6.45) is -2.50. The summed E-state index contributed by atoms with van der Waals surface area (Å²) in [4.78, 5) is 11.7. The third-order valence-electron chi connectivity index (χ3n) is 2.15. The van der Waals surface area contributed by atoms with Crippen LogP contribution < -0.4 is 0 Å². The number of halogens is 4. The highest BCUT2D eigenvalue weighted by Gasteiger charge is 2.30. The van der Waals surface area contributed by atoms with Crippen molar-refractivity contribution in [2.24, 2.45) is 0 Å². The fourth-order valence-electron chi connectivity index (χ4n) is 1.33. The van der Waals surface area contributed by atoms with Gasteiger partial charge in [0.25, 0.3) is 0 Å². The first-order chi connectivity index (χ1) is 7.88. The Bertz CT molecular complexity index is 418. The molecular formula is C11H10BrF3OS. The molecule has 0 N–H and O–H groups in total. The van der Waals surface area contributed by atoms with Crippen LogP contribution >= 0.6 is 27.7 Å². The number of rotatable bonds is 4. The first kappa shape index (κ1) is 14.6. The highest BCUT2D eigenvalue weighted by molar-refractivity contribution is 9.09. The number of hydrogen-bond acceptors (Lipinski definition) is 2. The van der Waals surface area contributed by atoms with Crippen molar-refractivity contribution in [3.05, 3.63) is 29.3 Å². The third-order valence-corrected chi connectivity index (χ3v) is 3.60. The normalized spacial score (nSPS) is 11.6. The molecule has 0 aromatic heterocycles. The van der Waals surface area contributed by atoms with Crippen molar-refractivity contribution in [2.75, 3.05) is 11.6 Å². The van der Waals surface area contributed by atoms with Gasteiger partial charge >= 0.3 is 6.18 Å². The second-order valence-electron chi connectivity index (χ2n) is 3.37. The lowest BCUT2D eigenvalue weighted by molar-refractivity contribution is -0.137. The fourth-order valence-corrected chi connectivity index (χ4v) is 2.17. The summed E-state index contributed by atoms with van der Waals surface area (Å²) in [6, 6.07) is 3.47. The minimum Gasteiger partial charge on any atom is -0.298 e. The second-order valence-corrected chi connectivity index (χ2v) is 4.78. The summed E-state index contributed by atoms with van der Waals surface area (Å²) in [7, 11) is 0. The van der Waals surface area contributed by atoms with E-state index >= 15 is 0 Å². The Hall–Kier alpha value is -0.490. The number of hydrogen-bond donors (Lipinski definition) is 0. The van der Waals surface area contributed by atoms with Gasteiger partial charge in [-0.1, -0.05) is 22.0 Å². The van der Waals surface area contributed by atoms with Crippen molar-refractivity contribution >= 4 is 33.5 Å². The van der Waals surface area contributed by atoms with Crippen LogP contribution in [0.3, 0.4) is 0 Å². The molecule has 0 aliphatic heterocycles. The van der Waals surface area contributed by atoms with Crippen LogP contribution in [0.4, 0.5) is 13.2 Å². The molecule has 0 heterocycles. The van der Waals surface area contributed by atoms with Gasteiger partial charge in [-0.3, -0.25) is 4.79 Å². The molecule has 0 unspecified atom stereocenters. The van der Waals surface area contributed by atoms with Crippen molar-refractivity contribution in [3.8, 4) is 0 Å². The molecular weight excluding hydrogens is 317 g/mol. The topological polar surface area (TPSA) is 17.1 Å². The summed E-state index contributed by atoms with van der Waals surface area (Å²) in [5.41, 5.74) is -0.0492. The van der Waals surface area contributed by atoms with E-state index in [-0.39, 0.29) is 17.5 Å². The first-order valence-corrected chi connectivity index (χ1v) is 7.05. The van der Waals surface area contributed by atoms with E-state index in [1.165, 1.54) is 17.8 Å². The van der Waals surface area contributed by atoms with E-state index in [4.69, 9.17) is 0 Å². The van der Waals surface area contributed by atoms with Gasteiger partial charge in [0.1, 0.15) is 5.78 Å². The monoisotopic (exact) mass is 326 g/mol. The number of alkyl halides is 4. The van der Waals surface area contributed by atoms with Crippen LogP contribution in [-0.2, 0) is 17.4 Å². The lowest BCUT2D eigenvalue weighted by Gasteiger charge is -2.11.